The van der Waals surface area contributed by atoms with E-state index in [9.17, 15) is 4.39 Å². The lowest BCUT2D eigenvalue weighted by Crippen LogP contribution is -2.30. The van der Waals surface area contributed by atoms with Crippen molar-refractivity contribution in [1.82, 2.24) is 15.2 Å². The molecule has 5 nitrogen and oxygen atoms in total. The molecule has 6 heteroatoms. The van der Waals surface area contributed by atoms with Crippen molar-refractivity contribution >= 4 is 5.69 Å². The average molecular weight is 277 g/mol. The fourth-order valence-electron chi connectivity index (χ4n) is 2.09. The minimum Gasteiger partial charge on any atom is -0.398 e. The number of rotatable bonds is 5. The van der Waals surface area contributed by atoms with Crippen molar-refractivity contribution in [2.24, 2.45) is 5.84 Å². The van der Waals surface area contributed by atoms with Crippen LogP contribution in [0.4, 0.5) is 10.1 Å². The smallest absolute Gasteiger partial charge is 0.123 e. The van der Waals surface area contributed by atoms with Gasteiger partial charge in [0.25, 0.3) is 0 Å². The molecule has 0 fully saturated rings. The van der Waals surface area contributed by atoms with E-state index in [2.05, 4.69) is 24.4 Å². The normalized spacial score (nSPS) is 12.8. The summed E-state index contributed by atoms with van der Waals surface area (Å²) in [7, 11) is 0. The topological polar surface area (TPSA) is 81.9 Å². The number of anilines is 1. The van der Waals surface area contributed by atoms with E-state index >= 15 is 0 Å². The molecule has 1 unspecified atom stereocenters. The SMILES string of the molecule is CC(C)n1ccc(CC(NN)c2cc(F)ccc2N)n1. The number of halogens is 1. The van der Waals surface area contributed by atoms with Crippen LogP contribution in [0.2, 0.25) is 0 Å². The molecule has 1 atom stereocenters. The van der Waals surface area contributed by atoms with E-state index in [1.54, 1.807) is 6.07 Å². The Morgan fingerprint density at radius 1 is 1.35 bits per heavy atom. The zero-order valence-electron chi connectivity index (χ0n) is 11.7. The van der Waals surface area contributed by atoms with Gasteiger partial charge in [-0.2, -0.15) is 5.10 Å². The van der Waals surface area contributed by atoms with Crippen LogP contribution >= 0.6 is 0 Å². The number of aromatic nitrogens is 2. The maximum absolute atomic E-state index is 13.3. The minimum atomic E-state index is -0.331. The molecule has 1 aromatic carbocycles. The zero-order valence-corrected chi connectivity index (χ0v) is 11.7. The molecule has 108 valence electrons. The summed E-state index contributed by atoms with van der Waals surface area (Å²) in [6.07, 6.45) is 2.46. The first-order chi connectivity index (χ1) is 9.51. The number of nitrogens with zero attached hydrogens (tertiary/aromatic N) is 2. The molecule has 5 N–H and O–H groups in total. The van der Waals surface area contributed by atoms with E-state index < -0.39 is 0 Å². The Hall–Kier alpha value is -1.92. The van der Waals surface area contributed by atoms with Crippen LogP contribution in [-0.2, 0) is 6.42 Å². The zero-order chi connectivity index (χ0) is 14.7. The Morgan fingerprint density at radius 2 is 2.10 bits per heavy atom. The molecular weight excluding hydrogens is 257 g/mol. The van der Waals surface area contributed by atoms with Gasteiger partial charge in [0, 0.05) is 24.3 Å². The lowest BCUT2D eigenvalue weighted by Gasteiger charge is -2.17. The van der Waals surface area contributed by atoms with Crippen LogP contribution in [0.5, 0.6) is 0 Å². The van der Waals surface area contributed by atoms with Crippen molar-refractivity contribution < 1.29 is 4.39 Å². The van der Waals surface area contributed by atoms with Crippen molar-refractivity contribution in [3.63, 3.8) is 0 Å². The molecule has 0 radical (unpaired) electrons. The fourth-order valence-corrected chi connectivity index (χ4v) is 2.09. The summed E-state index contributed by atoms with van der Waals surface area (Å²) in [6, 6.07) is 6.23. The molecule has 1 heterocycles. The van der Waals surface area contributed by atoms with Crippen LogP contribution in [0.15, 0.2) is 30.5 Å². The van der Waals surface area contributed by atoms with Crippen molar-refractivity contribution in [1.29, 1.82) is 0 Å². The molecule has 0 aliphatic carbocycles. The average Bonchev–Trinajstić information content (AvgIpc) is 2.88. The summed E-state index contributed by atoms with van der Waals surface area (Å²) in [4.78, 5) is 0. The highest BCUT2D eigenvalue weighted by molar-refractivity contribution is 5.48. The summed E-state index contributed by atoms with van der Waals surface area (Å²) in [5.74, 6) is 5.24. The third-order valence-electron chi connectivity index (χ3n) is 3.23. The summed E-state index contributed by atoms with van der Waals surface area (Å²) < 4.78 is 15.2. The van der Waals surface area contributed by atoms with Gasteiger partial charge in [-0.3, -0.25) is 16.0 Å². The Bertz CT molecular complexity index is 579. The van der Waals surface area contributed by atoms with Crippen molar-refractivity contribution in [3.8, 4) is 0 Å². The van der Waals surface area contributed by atoms with Gasteiger partial charge in [-0.1, -0.05) is 0 Å². The van der Waals surface area contributed by atoms with Gasteiger partial charge in [-0.05, 0) is 43.7 Å². The largest absolute Gasteiger partial charge is 0.398 e. The summed E-state index contributed by atoms with van der Waals surface area (Å²) in [5, 5.41) is 4.46. The minimum absolute atomic E-state index is 0.277. The third-order valence-corrected chi connectivity index (χ3v) is 3.23. The van der Waals surface area contributed by atoms with E-state index in [0.29, 0.717) is 23.7 Å². The Kier molecular flexibility index (Phi) is 4.36. The van der Waals surface area contributed by atoms with Gasteiger partial charge in [0.1, 0.15) is 5.82 Å². The van der Waals surface area contributed by atoms with E-state index in [1.807, 2.05) is 16.9 Å². The third kappa shape index (κ3) is 3.15. The van der Waals surface area contributed by atoms with Crippen LogP contribution in [-0.4, -0.2) is 9.78 Å². The molecule has 0 aliphatic rings. The molecular formula is C14H20FN5. The van der Waals surface area contributed by atoms with E-state index in [4.69, 9.17) is 11.6 Å². The van der Waals surface area contributed by atoms with Crippen molar-refractivity contribution in [2.45, 2.75) is 32.4 Å². The quantitative estimate of drug-likeness (QED) is 0.443. The molecule has 2 rings (SSSR count). The highest BCUT2D eigenvalue weighted by Crippen LogP contribution is 2.24. The lowest BCUT2D eigenvalue weighted by molar-refractivity contribution is 0.506. The van der Waals surface area contributed by atoms with E-state index in [1.165, 1.54) is 12.1 Å². The number of nitrogen functional groups attached to an aromatic ring is 1. The monoisotopic (exact) mass is 277 g/mol. The second-order valence-electron chi connectivity index (χ2n) is 5.08. The van der Waals surface area contributed by atoms with Crippen LogP contribution in [0.3, 0.4) is 0 Å². The summed E-state index contributed by atoms with van der Waals surface area (Å²) in [6.45, 7) is 4.11. The van der Waals surface area contributed by atoms with E-state index in [-0.39, 0.29) is 11.9 Å². The summed E-state index contributed by atoms with van der Waals surface area (Å²) >= 11 is 0. The number of hydrogen-bond acceptors (Lipinski definition) is 4. The number of nitrogens with two attached hydrogens (primary N) is 2. The van der Waals surface area contributed by atoms with Crippen molar-refractivity contribution in [3.05, 3.63) is 47.5 Å². The predicted molar refractivity (Wildman–Crippen MR) is 77.2 cm³/mol. The maximum Gasteiger partial charge on any atom is 0.123 e. The summed E-state index contributed by atoms with van der Waals surface area (Å²) in [5.41, 5.74) is 10.6. The fraction of sp³-hybridized carbons (Fsp3) is 0.357. The molecule has 0 saturated carbocycles. The molecule has 0 spiro atoms. The number of nitrogens with one attached hydrogen (secondary N) is 1. The molecule has 0 aliphatic heterocycles. The van der Waals surface area contributed by atoms with Gasteiger partial charge in [0.2, 0.25) is 0 Å². The molecule has 20 heavy (non-hydrogen) atoms. The Balaban J connectivity index is 2.21. The molecule has 2 aromatic rings. The molecule has 1 aromatic heterocycles. The predicted octanol–water partition coefficient (Wildman–Crippen LogP) is 1.93. The highest BCUT2D eigenvalue weighted by atomic mass is 19.1. The Morgan fingerprint density at radius 3 is 2.70 bits per heavy atom. The highest BCUT2D eigenvalue weighted by Gasteiger charge is 2.16. The Labute approximate surface area is 117 Å². The first-order valence-corrected chi connectivity index (χ1v) is 6.56. The number of hydrogen-bond donors (Lipinski definition) is 3. The molecule has 0 amide bonds. The van der Waals surface area contributed by atoms with Gasteiger partial charge in [-0.15, -0.1) is 0 Å². The van der Waals surface area contributed by atoms with Crippen molar-refractivity contribution in [2.75, 3.05) is 5.73 Å². The number of benzene rings is 1. The van der Waals surface area contributed by atoms with Crippen LogP contribution in [0.1, 0.15) is 37.2 Å². The van der Waals surface area contributed by atoms with Crippen LogP contribution in [0.25, 0.3) is 0 Å². The van der Waals surface area contributed by atoms with Gasteiger partial charge in [0.05, 0.1) is 11.7 Å². The standard InChI is InChI=1S/C14H20FN5/c1-9(2)20-6-5-11(19-20)8-14(18-17)12-7-10(15)3-4-13(12)16/h3-7,9,14,18H,8,16-17H2,1-2H3. The van der Waals surface area contributed by atoms with Gasteiger partial charge < -0.3 is 5.73 Å². The maximum atomic E-state index is 13.3. The van der Waals surface area contributed by atoms with Gasteiger partial charge in [-0.25, -0.2) is 4.39 Å². The molecule has 0 saturated heterocycles. The van der Waals surface area contributed by atoms with Gasteiger partial charge >= 0.3 is 0 Å². The van der Waals surface area contributed by atoms with Crippen LogP contribution < -0.4 is 17.0 Å². The van der Waals surface area contributed by atoms with Gasteiger partial charge in [0.15, 0.2) is 0 Å². The number of hydrazine groups is 1. The van der Waals surface area contributed by atoms with Crippen LogP contribution in [0, 0.1) is 5.82 Å². The first kappa shape index (κ1) is 14.5. The first-order valence-electron chi connectivity index (χ1n) is 6.56. The second-order valence-corrected chi connectivity index (χ2v) is 5.08. The van der Waals surface area contributed by atoms with E-state index in [0.717, 1.165) is 5.69 Å². The molecule has 0 bridgehead atoms. The second kappa shape index (κ2) is 6.02. The lowest BCUT2D eigenvalue weighted by atomic mass is 10.0.